The Morgan fingerprint density at radius 1 is 0.964 bits per heavy atom. The van der Waals surface area contributed by atoms with Gasteiger partial charge in [-0.15, -0.1) is 0 Å². The number of ether oxygens (including phenoxy) is 1. The Bertz CT molecular complexity index is 787. The van der Waals surface area contributed by atoms with Gasteiger partial charge in [0.25, 0.3) is 0 Å². The van der Waals surface area contributed by atoms with Gasteiger partial charge in [-0.25, -0.2) is 4.79 Å². The molecular formula is C22H27N3O3. The minimum absolute atomic E-state index is 0.141. The highest BCUT2D eigenvalue weighted by Crippen LogP contribution is 2.16. The van der Waals surface area contributed by atoms with E-state index in [0.29, 0.717) is 24.2 Å². The Morgan fingerprint density at radius 2 is 1.64 bits per heavy atom. The molecular weight excluding hydrogens is 354 g/mol. The smallest absolute Gasteiger partial charge is 0.339 e. The lowest BCUT2D eigenvalue weighted by Crippen LogP contribution is -2.48. The van der Waals surface area contributed by atoms with E-state index in [-0.39, 0.29) is 11.9 Å². The molecule has 1 aliphatic heterocycles. The van der Waals surface area contributed by atoms with Crippen LogP contribution in [0.15, 0.2) is 54.6 Å². The van der Waals surface area contributed by atoms with E-state index < -0.39 is 0 Å². The maximum absolute atomic E-state index is 12.5. The van der Waals surface area contributed by atoms with Crippen LogP contribution in [0, 0.1) is 0 Å². The second-order valence-corrected chi connectivity index (χ2v) is 6.86. The number of carbonyl (C=O) groups is 2. The highest BCUT2D eigenvalue weighted by Gasteiger charge is 2.21. The second kappa shape index (κ2) is 9.90. The van der Waals surface area contributed by atoms with Crippen LogP contribution in [0.4, 0.5) is 5.69 Å². The van der Waals surface area contributed by atoms with Crippen LogP contribution >= 0.6 is 0 Å². The summed E-state index contributed by atoms with van der Waals surface area (Å²) >= 11 is 0. The third-order valence-electron chi connectivity index (χ3n) is 4.96. The van der Waals surface area contributed by atoms with Gasteiger partial charge in [0.05, 0.1) is 12.7 Å². The molecule has 2 aromatic rings. The van der Waals surface area contributed by atoms with E-state index in [1.54, 1.807) is 12.1 Å². The fourth-order valence-corrected chi connectivity index (χ4v) is 3.38. The maximum atomic E-state index is 12.5. The molecule has 28 heavy (non-hydrogen) atoms. The number of piperazine rings is 1. The van der Waals surface area contributed by atoms with Gasteiger partial charge in [-0.2, -0.15) is 0 Å². The minimum atomic E-state index is -0.385. The van der Waals surface area contributed by atoms with Gasteiger partial charge in [-0.05, 0) is 17.7 Å². The molecule has 1 saturated heterocycles. The standard InChI is InChI=1S/C22H27N3O3/c1-28-22(27)19-9-5-6-10-20(19)23-12-11-21(26)25-15-13-24(14-16-25)17-18-7-3-2-4-8-18/h2-10,23H,11-17H2,1H3. The van der Waals surface area contributed by atoms with Crippen LogP contribution in [-0.2, 0) is 16.1 Å². The van der Waals surface area contributed by atoms with Gasteiger partial charge in [0.2, 0.25) is 5.91 Å². The predicted octanol–water partition coefficient (Wildman–Crippen LogP) is 2.62. The molecule has 1 aliphatic rings. The number of carbonyl (C=O) groups excluding carboxylic acids is 2. The van der Waals surface area contributed by atoms with Gasteiger partial charge in [-0.3, -0.25) is 9.69 Å². The molecule has 1 fully saturated rings. The summed E-state index contributed by atoms with van der Waals surface area (Å²) in [5.74, 6) is -0.244. The molecule has 3 rings (SSSR count). The zero-order valence-electron chi connectivity index (χ0n) is 16.3. The van der Waals surface area contributed by atoms with Crippen molar-refractivity contribution in [1.29, 1.82) is 0 Å². The molecule has 0 aliphatic carbocycles. The van der Waals surface area contributed by atoms with Crippen LogP contribution in [0.25, 0.3) is 0 Å². The molecule has 0 atom stereocenters. The number of esters is 1. The van der Waals surface area contributed by atoms with Crippen molar-refractivity contribution in [2.24, 2.45) is 0 Å². The highest BCUT2D eigenvalue weighted by atomic mass is 16.5. The van der Waals surface area contributed by atoms with Crippen molar-refractivity contribution in [3.8, 4) is 0 Å². The Hall–Kier alpha value is -2.86. The van der Waals surface area contributed by atoms with Crippen LogP contribution < -0.4 is 5.32 Å². The van der Waals surface area contributed by atoms with Gasteiger partial charge >= 0.3 is 5.97 Å². The zero-order valence-corrected chi connectivity index (χ0v) is 16.3. The normalized spacial score (nSPS) is 14.5. The van der Waals surface area contributed by atoms with Crippen LogP contribution in [0.5, 0.6) is 0 Å². The van der Waals surface area contributed by atoms with Gasteiger partial charge in [0.15, 0.2) is 0 Å². The lowest BCUT2D eigenvalue weighted by Gasteiger charge is -2.34. The number of amides is 1. The minimum Gasteiger partial charge on any atom is -0.465 e. The summed E-state index contributed by atoms with van der Waals surface area (Å²) in [4.78, 5) is 28.6. The monoisotopic (exact) mass is 381 g/mol. The molecule has 6 nitrogen and oxygen atoms in total. The number of para-hydroxylation sites is 1. The summed E-state index contributed by atoms with van der Waals surface area (Å²) in [5.41, 5.74) is 2.47. The first-order valence-electron chi connectivity index (χ1n) is 9.62. The molecule has 1 heterocycles. The molecule has 1 N–H and O–H groups in total. The van der Waals surface area contributed by atoms with Gasteiger partial charge in [0, 0.05) is 51.4 Å². The number of rotatable bonds is 7. The van der Waals surface area contributed by atoms with Gasteiger partial charge < -0.3 is 15.0 Å². The number of nitrogens with one attached hydrogen (secondary N) is 1. The maximum Gasteiger partial charge on any atom is 0.339 e. The first-order valence-corrected chi connectivity index (χ1v) is 9.62. The largest absolute Gasteiger partial charge is 0.465 e. The Morgan fingerprint density at radius 3 is 2.36 bits per heavy atom. The summed E-state index contributed by atoms with van der Waals surface area (Å²) in [7, 11) is 1.36. The number of methoxy groups -OCH3 is 1. The first-order chi connectivity index (χ1) is 13.7. The molecule has 1 amide bonds. The summed E-state index contributed by atoms with van der Waals surface area (Å²) in [6.45, 7) is 4.69. The Kier molecular flexibility index (Phi) is 7.03. The molecule has 2 aromatic carbocycles. The lowest BCUT2D eigenvalue weighted by atomic mass is 10.1. The van der Waals surface area contributed by atoms with Gasteiger partial charge in [0.1, 0.15) is 0 Å². The summed E-state index contributed by atoms with van der Waals surface area (Å²) in [5, 5.41) is 3.18. The van der Waals surface area contributed by atoms with E-state index >= 15 is 0 Å². The average molecular weight is 381 g/mol. The Labute approximate surface area is 166 Å². The van der Waals surface area contributed by atoms with E-state index in [1.807, 2.05) is 23.1 Å². The zero-order chi connectivity index (χ0) is 19.8. The summed E-state index contributed by atoms with van der Waals surface area (Å²) in [6, 6.07) is 17.6. The van der Waals surface area contributed by atoms with E-state index in [1.165, 1.54) is 12.7 Å². The van der Waals surface area contributed by atoms with E-state index in [4.69, 9.17) is 4.74 Å². The number of benzene rings is 2. The number of anilines is 1. The molecule has 0 radical (unpaired) electrons. The lowest BCUT2D eigenvalue weighted by molar-refractivity contribution is -0.132. The van der Waals surface area contributed by atoms with Crippen molar-refractivity contribution in [3.05, 3.63) is 65.7 Å². The van der Waals surface area contributed by atoms with Crippen molar-refractivity contribution in [2.45, 2.75) is 13.0 Å². The predicted molar refractivity (Wildman–Crippen MR) is 109 cm³/mol. The molecule has 0 bridgehead atoms. The van der Waals surface area contributed by atoms with Crippen molar-refractivity contribution in [1.82, 2.24) is 9.80 Å². The summed E-state index contributed by atoms with van der Waals surface area (Å²) in [6.07, 6.45) is 0.397. The fourth-order valence-electron chi connectivity index (χ4n) is 3.38. The molecule has 0 spiro atoms. The SMILES string of the molecule is COC(=O)c1ccccc1NCCC(=O)N1CCN(Cc2ccccc2)CC1. The third-order valence-corrected chi connectivity index (χ3v) is 4.96. The quantitative estimate of drug-likeness (QED) is 0.747. The average Bonchev–Trinajstić information content (AvgIpc) is 2.74. The topological polar surface area (TPSA) is 61.9 Å². The van der Waals surface area contributed by atoms with E-state index in [2.05, 4.69) is 34.5 Å². The van der Waals surface area contributed by atoms with Crippen LogP contribution in [0.1, 0.15) is 22.3 Å². The van der Waals surface area contributed by atoms with Crippen molar-refractivity contribution < 1.29 is 14.3 Å². The second-order valence-electron chi connectivity index (χ2n) is 6.86. The van der Waals surface area contributed by atoms with Crippen LogP contribution in [0.2, 0.25) is 0 Å². The Balaban J connectivity index is 1.42. The van der Waals surface area contributed by atoms with Crippen LogP contribution in [0.3, 0.4) is 0 Å². The number of hydrogen-bond acceptors (Lipinski definition) is 5. The van der Waals surface area contributed by atoms with Crippen molar-refractivity contribution >= 4 is 17.6 Å². The third kappa shape index (κ3) is 5.33. The highest BCUT2D eigenvalue weighted by molar-refractivity contribution is 5.95. The van der Waals surface area contributed by atoms with E-state index in [0.717, 1.165) is 32.7 Å². The molecule has 0 aromatic heterocycles. The number of hydrogen-bond donors (Lipinski definition) is 1. The molecule has 148 valence electrons. The fraction of sp³-hybridized carbons (Fsp3) is 0.364. The van der Waals surface area contributed by atoms with E-state index in [9.17, 15) is 9.59 Å². The van der Waals surface area contributed by atoms with Crippen LogP contribution in [-0.4, -0.2) is 61.5 Å². The number of nitrogens with zero attached hydrogens (tertiary/aromatic N) is 2. The summed E-state index contributed by atoms with van der Waals surface area (Å²) < 4.78 is 4.79. The van der Waals surface area contributed by atoms with Crippen molar-refractivity contribution in [2.75, 3.05) is 45.2 Å². The van der Waals surface area contributed by atoms with Crippen molar-refractivity contribution in [3.63, 3.8) is 0 Å². The molecule has 0 saturated carbocycles. The first kappa shape index (κ1) is 19.9. The van der Waals surface area contributed by atoms with Gasteiger partial charge in [-0.1, -0.05) is 42.5 Å². The molecule has 0 unspecified atom stereocenters. The molecule has 6 heteroatoms.